The number of thioether (sulfide) groups is 1. The Hall–Kier alpha value is -2.60. The van der Waals surface area contributed by atoms with Crippen molar-refractivity contribution >= 4 is 41.5 Å². The summed E-state index contributed by atoms with van der Waals surface area (Å²) in [5, 5.41) is 19.9. The number of esters is 3. The van der Waals surface area contributed by atoms with E-state index in [-0.39, 0.29) is 13.2 Å². The summed E-state index contributed by atoms with van der Waals surface area (Å²) < 4.78 is 14.3. The molecule has 0 aliphatic carbocycles. The van der Waals surface area contributed by atoms with Crippen LogP contribution in [0.1, 0.15) is 20.8 Å². The molecule has 29 heavy (non-hydrogen) atoms. The Balaban J connectivity index is 2.94. The summed E-state index contributed by atoms with van der Waals surface area (Å²) in [6, 6.07) is 0. The Kier molecular flexibility index (Phi) is 8.64. The lowest BCUT2D eigenvalue weighted by Gasteiger charge is -2.50. The van der Waals surface area contributed by atoms with Crippen molar-refractivity contribution in [2.24, 2.45) is 11.8 Å². The predicted molar refractivity (Wildman–Crippen MR) is 97.9 cm³/mol. The second kappa shape index (κ2) is 10.3. The zero-order chi connectivity index (χ0) is 22.4. The van der Waals surface area contributed by atoms with Crippen LogP contribution in [0.4, 0.5) is 0 Å². The molecule has 1 aliphatic heterocycles. The number of ether oxygens (including phenoxy) is 3. The van der Waals surface area contributed by atoms with Gasteiger partial charge in [-0.1, -0.05) is 6.58 Å². The largest absolute Gasteiger partial charge is 0.478 e. The maximum atomic E-state index is 12.5. The van der Waals surface area contributed by atoms with Crippen molar-refractivity contribution in [2.45, 2.75) is 31.9 Å². The van der Waals surface area contributed by atoms with Crippen LogP contribution in [0, 0.1) is 11.8 Å². The fourth-order valence-electron chi connectivity index (χ4n) is 2.40. The van der Waals surface area contributed by atoms with Gasteiger partial charge in [-0.25, -0.2) is 4.79 Å². The number of carbonyl (C=O) groups is 5. The van der Waals surface area contributed by atoms with Crippen LogP contribution in [-0.4, -0.2) is 75.8 Å². The van der Waals surface area contributed by atoms with Gasteiger partial charge in [-0.05, 0) is 19.3 Å². The van der Waals surface area contributed by atoms with E-state index in [0.29, 0.717) is 4.90 Å². The van der Waals surface area contributed by atoms with E-state index in [9.17, 15) is 34.2 Å². The van der Waals surface area contributed by atoms with Crippen LogP contribution in [0.15, 0.2) is 12.0 Å². The quantitative estimate of drug-likeness (QED) is 0.191. The molecule has 0 bridgehead atoms. The predicted octanol–water partition coefficient (Wildman–Crippen LogP) is -0.274. The first kappa shape index (κ1) is 24.4. The van der Waals surface area contributed by atoms with Gasteiger partial charge in [0.25, 0.3) is 5.72 Å². The van der Waals surface area contributed by atoms with Crippen LogP contribution in [0.25, 0.3) is 0 Å². The van der Waals surface area contributed by atoms with Gasteiger partial charge >= 0.3 is 23.9 Å². The maximum Gasteiger partial charge on any atom is 0.361 e. The molecule has 2 unspecified atom stereocenters. The highest BCUT2D eigenvalue weighted by Crippen LogP contribution is 2.41. The monoisotopic (exact) mass is 433 g/mol. The molecule has 0 aromatic heterocycles. The number of carbonyl (C=O) groups excluding carboxylic acids is 4. The summed E-state index contributed by atoms with van der Waals surface area (Å²) in [5.74, 6) is -7.53. The molecule has 12 heteroatoms. The molecule has 0 spiro atoms. The topological polar surface area (TPSA) is 157 Å². The highest BCUT2D eigenvalue weighted by molar-refractivity contribution is 8.02. The summed E-state index contributed by atoms with van der Waals surface area (Å²) in [7, 11) is 0. The lowest BCUT2D eigenvalue weighted by Crippen LogP contribution is -2.74. The Morgan fingerprint density at radius 3 is 2.41 bits per heavy atom. The smallest absolute Gasteiger partial charge is 0.361 e. The highest BCUT2D eigenvalue weighted by Gasteiger charge is 2.63. The van der Waals surface area contributed by atoms with Gasteiger partial charge in [-0.2, -0.15) is 0 Å². The Bertz CT molecular complexity index is 696. The number of carboxylic acids is 1. The molecule has 4 atom stereocenters. The van der Waals surface area contributed by atoms with E-state index in [1.807, 2.05) is 0 Å². The first-order valence-electron chi connectivity index (χ1n) is 8.53. The summed E-state index contributed by atoms with van der Waals surface area (Å²) in [6.07, 6.45) is 0. The van der Waals surface area contributed by atoms with Crippen molar-refractivity contribution in [2.75, 3.05) is 19.8 Å². The molecule has 0 aromatic rings. The number of hydrogen-bond acceptors (Lipinski definition) is 10. The number of amides is 1. The summed E-state index contributed by atoms with van der Waals surface area (Å²) in [6.45, 7) is 6.33. The van der Waals surface area contributed by atoms with Crippen LogP contribution >= 0.6 is 11.8 Å². The van der Waals surface area contributed by atoms with Crippen molar-refractivity contribution in [1.29, 1.82) is 0 Å². The summed E-state index contributed by atoms with van der Waals surface area (Å²) >= 11 is 0.806. The van der Waals surface area contributed by atoms with Gasteiger partial charge < -0.3 is 24.4 Å². The van der Waals surface area contributed by atoms with Gasteiger partial charge in [-0.3, -0.25) is 24.1 Å². The van der Waals surface area contributed by atoms with Crippen molar-refractivity contribution in [3.05, 3.63) is 12.0 Å². The number of hydrogen-bond donors (Lipinski definition) is 2. The standard InChI is InChI=1S/C17H23NO10S/c1-5-26-14(21)9(3)7-27-15(22)11-12(20)18(13(11)29-6-2)17(25,16(23)24)8-28-10(4)19/h6,9,11,13,25H,2,5,7-8H2,1,3-4H3,(H,23,24)/t9?,11-,13-,17?/m1/s1. The number of aliphatic carboxylic acids is 1. The number of β-lactam (4-membered cyclic amide) rings is 1. The first-order chi connectivity index (χ1) is 13.5. The molecule has 1 fully saturated rings. The molecule has 2 N–H and O–H groups in total. The fraction of sp³-hybridized carbons (Fsp3) is 0.588. The van der Waals surface area contributed by atoms with E-state index in [0.717, 1.165) is 18.7 Å². The number of rotatable bonds is 11. The molecular formula is C17H23NO10S. The average molecular weight is 433 g/mol. The van der Waals surface area contributed by atoms with Gasteiger partial charge in [0.1, 0.15) is 12.0 Å². The van der Waals surface area contributed by atoms with Gasteiger partial charge in [0.2, 0.25) is 5.91 Å². The van der Waals surface area contributed by atoms with Crippen LogP contribution in [0.3, 0.4) is 0 Å². The van der Waals surface area contributed by atoms with E-state index in [4.69, 9.17) is 9.47 Å². The third-order valence-corrected chi connectivity index (χ3v) is 4.87. The minimum absolute atomic E-state index is 0.154. The third-order valence-electron chi connectivity index (χ3n) is 3.92. The molecule has 1 aliphatic rings. The van der Waals surface area contributed by atoms with Crippen LogP contribution < -0.4 is 0 Å². The third kappa shape index (κ3) is 5.48. The van der Waals surface area contributed by atoms with Crippen molar-refractivity contribution in [3.8, 4) is 0 Å². The van der Waals surface area contributed by atoms with Gasteiger partial charge in [0, 0.05) is 6.92 Å². The van der Waals surface area contributed by atoms with Crippen molar-refractivity contribution in [1.82, 2.24) is 4.90 Å². The van der Waals surface area contributed by atoms with Crippen LogP contribution in [0.2, 0.25) is 0 Å². The van der Waals surface area contributed by atoms with Crippen LogP contribution in [-0.2, 0) is 38.2 Å². The second-order valence-corrected chi connectivity index (χ2v) is 7.15. The molecule has 0 aromatic carbocycles. The van der Waals surface area contributed by atoms with E-state index >= 15 is 0 Å². The van der Waals surface area contributed by atoms with E-state index < -0.39 is 59.3 Å². The number of carboxylic acid groups (broad SMARTS) is 1. The lowest BCUT2D eigenvalue weighted by atomic mass is 9.94. The Morgan fingerprint density at radius 1 is 1.31 bits per heavy atom. The molecule has 1 rings (SSSR count). The molecule has 1 saturated heterocycles. The fourth-order valence-corrected chi connectivity index (χ4v) is 3.38. The van der Waals surface area contributed by atoms with E-state index in [1.54, 1.807) is 6.92 Å². The Morgan fingerprint density at radius 2 is 1.93 bits per heavy atom. The molecule has 0 saturated carbocycles. The minimum atomic E-state index is -2.88. The molecule has 1 heterocycles. The number of aliphatic hydroxyl groups is 1. The number of nitrogens with zero attached hydrogens (tertiary/aromatic N) is 1. The molecule has 0 radical (unpaired) electrons. The molecule has 162 valence electrons. The zero-order valence-corrected chi connectivity index (χ0v) is 17.0. The summed E-state index contributed by atoms with van der Waals surface area (Å²) in [4.78, 5) is 59.5. The zero-order valence-electron chi connectivity index (χ0n) is 16.2. The summed E-state index contributed by atoms with van der Waals surface area (Å²) in [5.41, 5.74) is -2.88. The van der Waals surface area contributed by atoms with Crippen LogP contribution in [0.5, 0.6) is 0 Å². The highest BCUT2D eigenvalue weighted by atomic mass is 32.2. The van der Waals surface area contributed by atoms with Crippen molar-refractivity contribution in [3.63, 3.8) is 0 Å². The van der Waals surface area contributed by atoms with E-state index in [1.165, 1.54) is 12.3 Å². The molecule has 1 amide bonds. The Labute approximate surface area is 171 Å². The first-order valence-corrected chi connectivity index (χ1v) is 9.47. The van der Waals surface area contributed by atoms with E-state index in [2.05, 4.69) is 11.3 Å². The normalized spacial score (nSPS) is 21.2. The lowest BCUT2D eigenvalue weighted by molar-refractivity contribution is -0.221. The molecular weight excluding hydrogens is 410 g/mol. The molecule has 11 nitrogen and oxygen atoms in total. The minimum Gasteiger partial charge on any atom is -0.478 e. The van der Waals surface area contributed by atoms with Gasteiger partial charge in [0.05, 0.1) is 12.5 Å². The number of likely N-dealkylation sites (tertiary alicyclic amines) is 1. The second-order valence-electron chi connectivity index (χ2n) is 6.06. The van der Waals surface area contributed by atoms with Crippen molar-refractivity contribution < 1.29 is 48.4 Å². The average Bonchev–Trinajstić information content (AvgIpc) is 2.64. The SMILES string of the molecule is C=CS[C@@H]1[C@H](C(=O)OCC(C)C(=O)OCC)C(=O)N1C(O)(COC(C)=O)C(=O)O. The van der Waals surface area contributed by atoms with Gasteiger partial charge in [0.15, 0.2) is 12.5 Å². The maximum absolute atomic E-state index is 12.5. The van der Waals surface area contributed by atoms with Gasteiger partial charge in [-0.15, -0.1) is 11.8 Å².